The fourth-order valence-corrected chi connectivity index (χ4v) is 4.47. The molecule has 2 aromatic carbocycles. The molecule has 34 heavy (non-hydrogen) atoms. The van der Waals surface area contributed by atoms with Crippen molar-refractivity contribution in [2.75, 3.05) is 23.7 Å². The number of nitrogens with one attached hydrogen (secondary N) is 1. The van der Waals surface area contributed by atoms with Gasteiger partial charge in [-0.2, -0.15) is 0 Å². The summed E-state index contributed by atoms with van der Waals surface area (Å²) in [4.78, 5) is 38.2. The van der Waals surface area contributed by atoms with Crippen molar-refractivity contribution in [3.63, 3.8) is 0 Å². The van der Waals surface area contributed by atoms with Gasteiger partial charge in [-0.05, 0) is 31.4 Å². The summed E-state index contributed by atoms with van der Waals surface area (Å²) in [5, 5.41) is 14.0. The largest absolute Gasteiger partial charge is 0.355 e. The number of non-ortho nitro benzene ring substituents is 1. The van der Waals surface area contributed by atoms with E-state index in [-0.39, 0.29) is 23.8 Å². The van der Waals surface area contributed by atoms with E-state index in [0.29, 0.717) is 18.5 Å². The van der Waals surface area contributed by atoms with Gasteiger partial charge in [0.05, 0.1) is 16.9 Å². The van der Waals surface area contributed by atoms with E-state index in [1.54, 1.807) is 32.9 Å². The Labute approximate surface area is 199 Å². The van der Waals surface area contributed by atoms with Crippen LogP contribution in [0.3, 0.4) is 0 Å². The zero-order valence-corrected chi connectivity index (χ0v) is 20.5. The molecule has 1 N–H and O–H groups in total. The molecule has 0 bridgehead atoms. The van der Waals surface area contributed by atoms with Crippen LogP contribution < -0.4 is 9.62 Å². The highest BCUT2D eigenvalue weighted by atomic mass is 32.2. The van der Waals surface area contributed by atoms with Crippen LogP contribution in [-0.2, 0) is 26.2 Å². The van der Waals surface area contributed by atoms with Gasteiger partial charge in [-0.15, -0.1) is 0 Å². The summed E-state index contributed by atoms with van der Waals surface area (Å²) in [5.41, 5.74) is 0.970. The molecule has 0 aliphatic carbocycles. The van der Waals surface area contributed by atoms with E-state index in [0.717, 1.165) is 22.2 Å². The number of nitro benzene ring substituents is 1. The summed E-state index contributed by atoms with van der Waals surface area (Å²) < 4.78 is 26.2. The molecule has 0 unspecified atom stereocenters. The normalized spacial score (nSPS) is 12.0. The number of anilines is 1. The van der Waals surface area contributed by atoms with Gasteiger partial charge in [0.15, 0.2) is 0 Å². The first-order valence-electron chi connectivity index (χ1n) is 10.8. The van der Waals surface area contributed by atoms with E-state index >= 15 is 0 Å². The number of sulfonamides is 1. The zero-order chi connectivity index (χ0) is 25.5. The number of aryl methyl sites for hydroxylation is 1. The van der Waals surface area contributed by atoms with Crippen molar-refractivity contribution in [2.45, 2.75) is 39.8 Å². The van der Waals surface area contributed by atoms with Crippen LogP contribution in [0.25, 0.3) is 0 Å². The topological polar surface area (TPSA) is 130 Å². The maximum absolute atomic E-state index is 13.5. The first-order chi connectivity index (χ1) is 16.0. The fourth-order valence-electron chi connectivity index (χ4n) is 3.57. The number of hydrogen-bond acceptors (Lipinski definition) is 6. The van der Waals surface area contributed by atoms with Crippen molar-refractivity contribution in [2.24, 2.45) is 0 Å². The molecule has 2 rings (SSSR count). The van der Waals surface area contributed by atoms with E-state index in [1.807, 2.05) is 18.2 Å². The highest BCUT2D eigenvalue weighted by molar-refractivity contribution is 7.92. The quantitative estimate of drug-likeness (QED) is 0.381. The number of benzene rings is 2. The van der Waals surface area contributed by atoms with Crippen LogP contribution in [0, 0.1) is 17.0 Å². The second-order valence-electron chi connectivity index (χ2n) is 7.82. The number of likely N-dealkylation sites (N-methyl/N-ethyl adjacent to an activating group) is 1. The van der Waals surface area contributed by atoms with E-state index in [1.165, 1.54) is 17.0 Å². The Bertz CT molecular complexity index is 1140. The second kappa shape index (κ2) is 11.6. The highest BCUT2D eigenvalue weighted by Crippen LogP contribution is 2.28. The maximum Gasteiger partial charge on any atom is 0.271 e. The number of nitro groups is 1. The van der Waals surface area contributed by atoms with E-state index in [4.69, 9.17) is 0 Å². The highest BCUT2D eigenvalue weighted by Gasteiger charge is 2.32. The molecule has 0 heterocycles. The van der Waals surface area contributed by atoms with E-state index < -0.39 is 33.4 Å². The first-order valence-corrected chi connectivity index (χ1v) is 12.7. The molecular formula is C23H30N4O6S. The van der Waals surface area contributed by atoms with Crippen molar-refractivity contribution in [3.8, 4) is 0 Å². The monoisotopic (exact) mass is 490 g/mol. The van der Waals surface area contributed by atoms with Gasteiger partial charge in [-0.1, -0.05) is 43.3 Å². The lowest BCUT2D eigenvalue weighted by molar-refractivity contribution is -0.384. The van der Waals surface area contributed by atoms with E-state index in [9.17, 15) is 28.1 Å². The van der Waals surface area contributed by atoms with Crippen LogP contribution in [0.2, 0.25) is 0 Å². The average molecular weight is 491 g/mol. The Morgan fingerprint density at radius 2 is 1.76 bits per heavy atom. The van der Waals surface area contributed by atoms with Gasteiger partial charge in [-0.3, -0.25) is 24.0 Å². The molecule has 1 atom stereocenters. The Kier molecular flexibility index (Phi) is 9.13. The minimum atomic E-state index is -3.98. The second-order valence-corrected chi connectivity index (χ2v) is 9.73. The van der Waals surface area contributed by atoms with Gasteiger partial charge in [0.2, 0.25) is 21.8 Å². The summed E-state index contributed by atoms with van der Waals surface area (Å²) in [6.07, 6.45) is 1.25. The van der Waals surface area contributed by atoms with Crippen molar-refractivity contribution < 1.29 is 22.9 Å². The van der Waals surface area contributed by atoms with Crippen LogP contribution in [0.1, 0.15) is 31.4 Å². The summed E-state index contributed by atoms with van der Waals surface area (Å²) in [5.74, 6) is -0.940. The minimum Gasteiger partial charge on any atom is -0.355 e. The van der Waals surface area contributed by atoms with Crippen LogP contribution in [0.4, 0.5) is 11.4 Å². The molecule has 0 aromatic heterocycles. The zero-order valence-electron chi connectivity index (χ0n) is 19.7. The van der Waals surface area contributed by atoms with E-state index in [2.05, 4.69) is 5.32 Å². The Balaban J connectivity index is 2.50. The third-order valence-corrected chi connectivity index (χ3v) is 6.41. The van der Waals surface area contributed by atoms with Crippen molar-refractivity contribution in [3.05, 3.63) is 69.8 Å². The number of amides is 2. The predicted molar refractivity (Wildman–Crippen MR) is 130 cm³/mol. The van der Waals surface area contributed by atoms with Gasteiger partial charge >= 0.3 is 0 Å². The number of nitrogens with zero attached hydrogens (tertiary/aromatic N) is 3. The van der Waals surface area contributed by atoms with Crippen molar-refractivity contribution >= 4 is 33.2 Å². The number of carbonyl (C=O) groups excluding carboxylic acids is 2. The fraction of sp³-hybridized carbons (Fsp3) is 0.391. The smallest absolute Gasteiger partial charge is 0.271 e. The molecule has 10 nitrogen and oxygen atoms in total. The summed E-state index contributed by atoms with van der Waals surface area (Å²) in [6.45, 7) is 5.01. The van der Waals surface area contributed by atoms with Crippen LogP contribution >= 0.6 is 0 Å². The molecule has 11 heteroatoms. The third kappa shape index (κ3) is 6.77. The molecule has 0 saturated carbocycles. The molecule has 2 aromatic rings. The predicted octanol–water partition coefficient (Wildman–Crippen LogP) is 2.61. The molecule has 0 saturated heterocycles. The molecule has 0 aliphatic rings. The summed E-state index contributed by atoms with van der Waals surface area (Å²) in [6, 6.07) is 12.1. The van der Waals surface area contributed by atoms with Crippen LogP contribution in [0.5, 0.6) is 0 Å². The standard InChI is InChI=1S/C23H30N4O6S/c1-5-20(23(29)24-6-2)25(15-18-10-8-7-9-11-18)22(28)16-26(34(4,32)33)21-14-19(27(30)31)13-12-17(21)3/h7-14,20H,5-6,15-16H2,1-4H3,(H,24,29)/t20-/m0/s1. The van der Waals surface area contributed by atoms with Gasteiger partial charge in [0, 0.05) is 25.2 Å². The number of rotatable bonds is 11. The molecule has 0 radical (unpaired) electrons. The Morgan fingerprint density at radius 3 is 2.29 bits per heavy atom. The molecule has 2 amide bonds. The van der Waals surface area contributed by atoms with Gasteiger partial charge in [0.1, 0.15) is 12.6 Å². The lowest BCUT2D eigenvalue weighted by Gasteiger charge is -2.33. The van der Waals surface area contributed by atoms with Crippen molar-refractivity contribution in [1.82, 2.24) is 10.2 Å². The minimum absolute atomic E-state index is 0.0377. The summed E-state index contributed by atoms with van der Waals surface area (Å²) >= 11 is 0. The Morgan fingerprint density at radius 1 is 1.12 bits per heavy atom. The molecule has 184 valence electrons. The van der Waals surface area contributed by atoms with Gasteiger partial charge < -0.3 is 10.2 Å². The van der Waals surface area contributed by atoms with Gasteiger partial charge in [-0.25, -0.2) is 8.42 Å². The van der Waals surface area contributed by atoms with Crippen LogP contribution in [-0.4, -0.2) is 55.4 Å². The Hall–Kier alpha value is -3.47. The van der Waals surface area contributed by atoms with Crippen molar-refractivity contribution in [1.29, 1.82) is 0 Å². The number of hydrogen-bond donors (Lipinski definition) is 1. The van der Waals surface area contributed by atoms with Crippen LogP contribution in [0.15, 0.2) is 48.5 Å². The molecule has 0 aliphatic heterocycles. The lowest BCUT2D eigenvalue weighted by atomic mass is 10.1. The molecule has 0 spiro atoms. The maximum atomic E-state index is 13.5. The third-order valence-electron chi connectivity index (χ3n) is 5.28. The summed E-state index contributed by atoms with van der Waals surface area (Å²) in [7, 11) is -3.98. The first kappa shape index (κ1) is 26.8. The SMILES string of the molecule is CCNC(=O)[C@H](CC)N(Cc1ccccc1)C(=O)CN(c1cc([N+](=O)[O-])ccc1C)S(C)(=O)=O. The lowest BCUT2D eigenvalue weighted by Crippen LogP contribution is -2.52. The van der Waals surface area contributed by atoms with Gasteiger partial charge in [0.25, 0.3) is 5.69 Å². The molecular weight excluding hydrogens is 460 g/mol. The average Bonchev–Trinajstić information content (AvgIpc) is 2.77. The molecule has 0 fully saturated rings. The number of carbonyl (C=O) groups is 2.